The topological polar surface area (TPSA) is 43.4 Å². The van der Waals surface area contributed by atoms with E-state index in [1.165, 1.54) is 0 Å². The highest BCUT2D eigenvalue weighted by Gasteiger charge is 2.12. The van der Waals surface area contributed by atoms with Gasteiger partial charge in [-0.05, 0) is 36.8 Å². The maximum Gasteiger partial charge on any atom is 0.162 e. The predicted molar refractivity (Wildman–Crippen MR) is 79.4 cm³/mol. The van der Waals surface area contributed by atoms with E-state index >= 15 is 0 Å². The summed E-state index contributed by atoms with van der Waals surface area (Å²) in [5, 5.41) is 3.30. The highest BCUT2D eigenvalue weighted by atomic mass is 16.6. The molecule has 0 amide bonds. The highest BCUT2D eigenvalue weighted by Crippen LogP contribution is 2.34. The maximum atomic E-state index is 5.61. The van der Waals surface area contributed by atoms with Crippen molar-refractivity contribution in [2.75, 3.05) is 25.1 Å². The van der Waals surface area contributed by atoms with Crippen LogP contribution in [0, 0.1) is 0 Å². The van der Waals surface area contributed by atoms with Gasteiger partial charge in [-0.2, -0.15) is 0 Å². The van der Waals surface area contributed by atoms with Gasteiger partial charge in [0.1, 0.15) is 19.0 Å². The van der Waals surface area contributed by atoms with Crippen molar-refractivity contribution in [1.29, 1.82) is 0 Å². The first kappa shape index (κ1) is 12.8. The molecule has 1 aliphatic rings. The summed E-state index contributed by atoms with van der Waals surface area (Å²) in [6.07, 6.45) is 1.08. The molecule has 0 atom stereocenters. The van der Waals surface area contributed by atoms with Gasteiger partial charge in [0.25, 0.3) is 0 Å². The number of nitrogens with zero attached hydrogens (tertiary/aromatic N) is 1. The highest BCUT2D eigenvalue weighted by molar-refractivity contribution is 5.65. The summed E-state index contributed by atoms with van der Waals surface area (Å²) >= 11 is 0. The number of hydrogen-bond donors (Lipinski definition) is 1. The van der Waals surface area contributed by atoms with E-state index in [0.717, 1.165) is 41.5 Å². The maximum absolute atomic E-state index is 5.61. The Morgan fingerprint density at radius 3 is 2.80 bits per heavy atom. The molecule has 2 aromatic rings. The van der Waals surface area contributed by atoms with Crippen molar-refractivity contribution in [3.63, 3.8) is 0 Å². The summed E-state index contributed by atoms with van der Waals surface area (Å²) in [5.74, 6) is 2.50. The van der Waals surface area contributed by atoms with Crippen LogP contribution in [0.4, 0.5) is 5.82 Å². The van der Waals surface area contributed by atoms with Crippen molar-refractivity contribution in [1.82, 2.24) is 4.98 Å². The lowest BCUT2D eigenvalue weighted by atomic mass is 10.1. The van der Waals surface area contributed by atoms with Crippen LogP contribution in [0.2, 0.25) is 0 Å². The van der Waals surface area contributed by atoms with Crippen LogP contribution in [0.1, 0.15) is 13.3 Å². The monoisotopic (exact) mass is 270 g/mol. The Labute approximate surface area is 118 Å². The predicted octanol–water partition coefficient (Wildman–Crippen LogP) is 3.34. The van der Waals surface area contributed by atoms with Gasteiger partial charge < -0.3 is 14.8 Å². The third-order valence-electron chi connectivity index (χ3n) is 3.14. The average molecular weight is 270 g/mol. The van der Waals surface area contributed by atoms with Gasteiger partial charge >= 0.3 is 0 Å². The number of aromatic nitrogens is 1. The van der Waals surface area contributed by atoms with E-state index in [1.807, 2.05) is 36.4 Å². The van der Waals surface area contributed by atoms with E-state index in [0.29, 0.717) is 13.2 Å². The van der Waals surface area contributed by atoms with Crippen LogP contribution >= 0.6 is 0 Å². The molecule has 20 heavy (non-hydrogen) atoms. The van der Waals surface area contributed by atoms with Gasteiger partial charge in [-0.3, -0.25) is 0 Å². The second-order valence-corrected chi connectivity index (χ2v) is 4.69. The molecule has 1 aliphatic heterocycles. The van der Waals surface area contributed by atoms with E-state index in [1.54, 1.807) is 0 Å². The van der Waals surface area contributed by atoms with Crippen molar-refractivity contribution in [2.24, 2.45) is 0 Å². The molecule has 0 spiro atoms. The number of ether oxygens (including phenoxy) is 2. The van der Waals surface area contributed by atoms with Crippen molar-refractivity contribution in [3.05, 3.63) is 36.4 Å². The molecule has 0 bridgehead atoms. The van der Waals surface area contributed by atoms with Crippen molar-refractivity contribution >= 4 is 5.82 Å². The molecule has 4 heteroatoms. The molecule has 0 saturated heterocycles. The molecule has 0 fully saturated rings. The molecule has 1 aromatic carbocycles. The van der Waals surface area contributed by atoms with E-state index in [9.17, 15) is 0 Å². The van der Waals surface area contributed by atoms with Gasteiger partial charge in [0, 0.05) is 12.1 Å². The SMILES string of the molecule is CCCNc1cccc(-c2ccc3c(c2)OCCO3)n1. The zero-order chi connectivity index (χ0) is 13.8. The summed E-state index contributed by atoms with van der Waals surface area (Å²) in [6.45, 7) is 4.28. The normalized spacial score (nSPS) is 13.1. The van der Waals surface area contributed by atoms with E-state index in [4.69, 9.17) is 9.47 Å². The zero-order valence-corrected chi connectivity index (χ0v) is 11.6. The third-order valence-corrected chi connectivity index (χ3v) is 3.14. The van der Waals surface area contributed by atoms with Crippen LogP contribution in [-0.4, -0.2) is 24.7 Å². The Kier molecular flexibility index (Phi) is 3.72. The Morgan fingerprint density at radius 1 is 1.10 bits per heavy atom. The molecule has 0 radical (unpaired) electrons. The molecule has 4 nitrogen and oxygen atoms in total. The molecule has 0 saturated carbocycles. The summed E-state index contributed by atoms with van der Waals surface area (Å²) < 4.78 is 11.1. The number of fused-ring (bicyclic) bond motifs is 1. The van der Waals surface area contributed by atoms with Crippen LogP contribution in [0.5, 0.6) is 11.5 Å². The minimum atomic E-state index is 0.599. The zero-order valence-electron chi connectivity index (χ0n) is 11.6. The smallest absolute Gasteiger partial charge is 0.162 e. The van der Waals surface area contributed by atoms with Crippen LogP contribution in [0.3, 0.4) is 0 Å². The summed E-state index contributed by atoms with van der Waals surface area (Å²) in [5.41, 5.74) is 1.97. The largest absolute Gasteiger partial charge is 0.486 e. The Balaban J connectivity index is 1.88. The van der Waals surface area contributed by atoms with Gasteiger partial charge in [-0.25, -0.2) is 4.98 Å². The molecular formula is C16H18N2O2. The number of rotatable bonds is 4. The molecule has 0 unspecified atom stereocenters. The summed E-state index contributed by atoms with van der Waals surface area (Å²) in [4.78, 5) is 4.62. The minimum Gasteiger partial charge on any atom is -0.486 e. The standard InChI is InChI=1S/C16H18N2O2/c1-2-8-17-16-5-3-4-13(18-16)12-6-7-14-15(11-12)20-10-9-19-14/h3-7,11H,2,8-10H2,1H3,(H,17,18). The second kappa shape index (κ2) is 5.82. The molecule has 3 rings (SSSR count). The fourth-order valence-electron chi connectivity index (χ4n) is 2.15. The van der Waals surface area contributed by atoms with Gasteiger partial charge in [0.05, 0.1) is 5.69 Å². The summed E-state index contributed by atoms with van der Waals surface area (Å²) in [7, 11) is 0. The van der Waals surface area contributed by atoms with E-state index in [-0.39, 0.29) is 0 Å². The van der Waals surface area contributed by atoms with Gasteiger partial charge in [0.2, 0.25) is 0 Å². The number of pyridine rings is 1. The van der Waals surface area contributed by atoms with Crippen LogP contribution in [-0.2, 0) is 0 Å². The first-order valence-corrected chi connectivity index (χ1v) is 6.98. The van der Waals surface area contributed by atoms with Crippen LogP contribution in [0.25, 0.3) is 11.3 Å². The van der Waals surface area contributed by atoms with Crippen molar-refractivity contribution in [3.8, 4) is 22.8 Å². The van der Waals surface area contributed by atoms with E-state index in [2.05, 4.69) is 17.2 Å². The number of benzene rings is 1. The third kappa shape index (κ3) is 2.69. The first-order valence-electron chi connectivity index (χ1n) is 6.98. The Hall–Kier alpha value is -2.23. The quantitative estimate of drug-likeness (QED) is 0.925. The fraction of sp³-hybridized carbons (Fsp3) is 0.312. The molecule has 1 aromatic heterocycles. The lowest BCUT2D eigenvalue weighted by molar-refractivity contribution is 0.171. The van der Waals surface area contributed by atoms with Gasteiger partial charge in [-0.15, -0.1) is 0 Å². The molecular weight excluding hydrogens is 252 g/mol. The lowest BCUT2D eigenvalue weighted by Crippen LogP contribution is -2.15. The Morgan fingerprint density at radius 2 is 1.95 bits per heavy atom. The van der Waals surface area contributed by atoms with Crippen LogP contribution in [0.15, 0.2) is 36.4 Å². The second-order valence-electron chi connectivity index (χ2n) is 4.69. The van der Waals surface area contributed by atoms with Crippen LogP contribution < -0.4 is 14.8 Å². The molecule has 1 N–H and O–H groups in total. The minimum absolute atomic E-state index is 0.599. The van der Waals surface area contributed by atoms with Crippen molar-refractivity contribution < 1.29 is 9.47 Å². The molecule has 104 valence electrons. The lowest BCUT2D eigenvalue weighted by Gasteiger charge is -2.18. The number of nitrogens with one attached hydrogen (secondary N) is 1. The van der Waals surface area contributed by atoms with E-state index < -0.39 is 0 Å². The molecule has 2 heterocycles. The summed E-state index contributed by atoms with van der Waals surface area (Å²) in [6, 6.07) is 11.9. The first-order chi connectivity index (χ1) is 9.86. The molecule has 0 aliphatic carbocycles. The number of anilines is 1. The van der Waals surface area contributed by atoms with Crippen molar-refractivity contribution in [2.45, 2.75) is 13.3 Å². The average Bonchev–Trinajstić information content (AvgIpc) is 2.53. The number of hydrogen-bond acceptors (Lipinski definition) is 4. The van der Waals surface area contributed by atoms with Gasteiger partial charge in [0.15, 0.2) is 11.5 Å². The van der Waals surface area contributed by atoms with Gasteiger partial charge in [-0.1, -0.05) is 13.0 Å². The fourth-order valence-corrected chi connectivity index (χ4v) is 2.15. The Bertz CT molecular complexity index is 599.